The predicted octanol–water partition coefficient (Wildman–Crippen LogP) is 2.94. The van der Waals surface area contributed by atoms with Crippen LogP contribution in [0.1, 0.15) is 24.2 Å². The minimum absolute atomic E-state index is 0.0964. The molecule has 29 heavy (non-hydrogen) atoms. The number of ether oxygens (including phenoxy) is 2. The van der Waals surface area contributed by atoms with Crippen LogP contribution in [-0.2, 0) is 19.6 Å². The molecule has 0 aliphatic rings. The second-order valence-electron chi connectivity index (χ2n) is 5.93. The molecule has 2 N–H and O–H groups in total. The van der Waals surface area contributed by atoms with Crippen molar-refractivity contribution in [1.29, 1.82) is 0 Å². The summed E-state index contributed by atoms with van der Waals surface area (Å²) in [5, 5.41) is 2.48. The molecule has 0 aromatic heterocycles. The number of benzene rings is 2. The van der Waals surface area contributed by atoms with E-state index in [1.807, 2.05) is 0 Å². The number of esters is 1. The van der Waals surface area contributed by atoms with Gasteiger partial charge in [-0.3, -0.25) is 9.52 Å². The fraction of sp³-hybridized carbons (Fsp3) is 0.263. The first-order chi connectivity index (χ1) is 13.7. The molecule has 0 fully saturated rings. The Morgan fingerprint density at radius 3 is 2.52 bits per heavy atom. The Labute approximate surface area is 177 Å². The Kier molecular flexibility index (Phi) is 7.63. The molecule has 8 nitrogen and oxygen atoms in total. The average Bonchev–Trinajstić information content (AvgIpc) is 2.68. The van der Waals surface area contributed by atoms with Crippen molar-refractivity contribution in [1.82, 2.24) is 5.32 Å². The van der Waals surface area contributed by atoms with Gasteiger partial charge in [0.25, 0.3) is 15.9 Å². The van der Waals surface area contributed by atoms with Crippen LogP contribution in [0, 0.1) is 0 Å². The number of carbonyl (C=O) groups excluding carboxylic acids is 2. The fourth-order valence-corrected chi connectivity index (χ4v) is 3.99. The van der Waals surface area contributed by atoms with Gasteiger partial charge >= 0.3 is 5.97 Å². The minimum atomic E-state index is -3.94. The third-order valence-corrected chi connectivity index (χ3v) is 5.80. The molecule has 156 valence electrons. The first-order valence-electron chi connectivity index (χ1n) is 8.62. The molecule has 1 unspecified atom stereocenters. The maximum absolute atomic E-state index is 12.7. The van der Waals surface area contributed by atoms with E-state index in [9.17, 15) is 18.0 Å². The Morgan fingerprint density at radius 2 is 1.90 bits per heavy atom. The highest BCUT2D eigenvalue weighted by molar-refractivity contribution is 9.10. The molecule has 0 aliphatic carbocycles. The van der Waals surface area contributed by atoms with Crippen molar-refractivity contribution < 1.29 is 27.5 Å². The van der Waals surface area contributed by atoms with Gasteiger partial charge in [0, 0.05) is 5.56 Å². The molecule has 0 aliphatic heterocycles. The van der Waals surface area contributed by atoms with E-state index < -0.39 is 27.9 Å². The Bertz CT molecular complexity index is 1010. The predicted molar refractivity (Wildman–Crippen MR) is 112 cm³/mol. The summed E-state index contributed by atoms with van der Waals surface area (Å²) in [6.07, 6.45) is 0. The van der Waals surface area contributed by atoms with Crippen molar-refractivity contribution in [2.24, 2.45) is 0 Å². The fourth-order valence-electron chi connectivity index (χ4n) is 2.35. The van der Waals surface area contributed by atoms with E-state index in [1.54, 1.807) is 25.1 Å². The van der Waals surface area contributed by atoms with E-state index in [4.69, 9.17) is 9.47 Å². The summed E-state index contributed by atoms with van der Waals surface area (Å²) in [6, 6.07) is 9.37. The summed E-state index contributed by atoms with van der Waals surface area (Å²) in [5.74, 6) is -0.603. The van der Waals surface area contributed by atoms with E-state index in [0.29, 0.717) is 15.9 Å². The first kappa shape index (κ1) is 22.7. The number of hydrogen-bond acceptors (Lipinski definition) is 6. The van der Waals surface area contributed by atoms with Gasteiger partial charge in [0.15, 0.2) is 0 Å². The van der Waals surface area contributed by atoms with Gasteiger partial charge in [-0.25, -0.2) is 13.2 Å². The summed E-state index contributed by atoms with van der Waals surface area (Å²) >= 11 is 3.30. The van der Waals surface area contributed by atoms with Crippen molar-refractivity contribution in [3.8, 4) is 5.75 Å². The highest BCUT2D eigenvalue weighted by Crippen LogP contribution is 2.29. The number of rotatable bonds is 8. The van der Waals surface area contributed by atoms with Crippen LogP contribution in [0.4, 0.5) is 5.69 Å². The molecule has 10 heteroatoms. The van der Waals surface area contributed by atoms with E-state index >= 15 is 0 Å². The van der Waals surface area contributed by atoms with E-state index in [-0.39, 0.29) is 17.1 Å². The van der Waals surface area contributed by atoms with Crippen LogP contribution in [0.3, 0.4) is 0 Å². The molecule has 0 bridgehead atoms. The number of sulfonamides is 1. The van der Waals surface area contributed by atoms with Gasteiger partial charge in [0.05, 0.1) is 28.8 Å². The van der Waals surface area contributed by atoms with Gasteiger partial charge in [-0.05, 0) is 66.2 Å². The molecule has 0 saturated carbocycles. The molecule has 0 radical (unpaired) electrons. The zero-order chi connectivity index (χ0) is 21.6. The third-order valence-electron chi connectivity index (χ3n) is 3.80. The number of halogens is 1. The van der Waals surface area contributed by atoms with Crippen molar-refractivity contribution in [3.05, 3.63) is 52.5 Å². The van der Waals surface area contributed by atoms with Crippen molar-refractivity contribution in [2.75, 3.05) is 18.4 Å². The van der Waals surface area contributed by atoms with Crippen LogP contribution in [0.2, 0.25) is 0 Å². The molecule has 0 spiro atoms. The van der Waals surface area contributed by atoms with Gasteiger partial charge in [-0.2, -0.15) is 0 Å². The van der Waals surface area contributed by atoms with E-state index in [2.05, 4.69) is 26.0 Å². The van der Waals surface area contributed by atoms with Crippen LogP contribution < -0.4 is 14.8 Å². The van der Waals surface area contributed by atoms with Crippen LogP contribution >= 0.6 is 15.9 Å². The lowest BCUT2D eigenvalue weighted by Crippen LogP contribution is -2.39. The van der Waals surface area contributed by atoms with Crippen molar-refractivity contribution in [2.45, 2.75) is 24.8 Å². The number of nitrogens with one attached hydrogen (secondary N) is 2. The van der Waals surface area contributed by atoms with Crippen LogP contribution in [0.25, 0.3) is 0 Å². The zero-order valence-corrected chi connectivity index (χ0v) is 18.5. The standard InChI is InChI=1S/C19H21BrN2O6S/c1-4-28-19(24)12(2)21-18(23)13-6-5-7-15(10-13)29(25,26)22-14-8-9-17(27-3)16(20)11-14/h5-12,22H,4H2,1-3H3,(H,21,23). The van der Waals surface area contributed by atoms with Gasteiger partial charge in [0.2, 0.25) is 0 Å². The lowest BCUT2D eigenvalue weighted by Gasteiger charge is -2.14. The lowest BCUT2D eigenvalue weighted by atomic mass is 10.2. The molecule has 0 heterocycles. The summed E-state index contributed by atoms with van der Waals surface area (Å²) in [7, 11) is -2.44. The number of amides is 1. The van der Waals surface area contributed by atoms with Crippen LogP contribution in [0.5, 0.6) is 5.75 Å². The largest absolute Gasteiger partial charge is 0.496 e. The van der Waals surface area contributed by atoms with Crippen LogP contribution in [0.15, 0.2) is 51.8 Å². The molecule has 2 aromatic carbocycles. The summed E-state index contributed by atoms with van der Waals surface area (Å²) < 4.78 is 38.4. The lowest BCUT2D eigenvalue weighted by molar-refractivity contribution is -0.144. The molecule has 1 amide bonds. The second kappa shape index (κ2) is 9.75. The molecule has 2 rings (SSSR count). The molecular weight excluding hydrogens is 464 g/mol. The monoisotopic (exact) mass is 484 g/mol. The highest BCUT2D eigenvalue weighted by Gasteiger charge is 2.20. The highest BCUT2D eigenvalue weighted by atomic mass is 79.9. The zero-order valence-electron chi connectivity index (χ0n) is 16.1. The third kappa shape index (κ3) is 5.94. The maximum atomic E-state index is 12.7. The van der Waals surface area contributed by atoms with Crippen LogP contribution in [-0.4, -0.2) is 40.1 Å². The number of methoxy groups -OCH3 is 1. The van der Waals surface area contributed by atoms with Gasteiger partial charge in [-0.15, -0.1) is 0 Å². The Morgan fingerprint density at radius 1 is 1.17 bits per heavy atom. The molecular formula is C19H21BrN2O6S. The average molecular weight is 485 g/mol. The minimum Gasteiger partial charge on any atom is -0.496 e. The van der Waals surface area contributed by atoms with E-state index in [0.717, 1.165) is 0 Å². The van der Waals surface area contributed by atoms with Gasteiger partial charge in [0.1, 0.15) is 11.8 Å². The SMILES string of the molecule is CCOC(=O)C(C)NC(=O)c1cccc(S(=O)(=O)Nc2ccc(OC)c(Br)c2)c1. The summed E-state index contributed by atoms with van der Waals surface area (Å²) in [4.78, 5) is 23.9. The van der Waals surface area contributed by atoms with E-state index in [1.165, 1.54) is 38.3 Å². The number of hydrogen-bond donors (Lipinski definition) is 2. The number of carbonyl (C=O) groups is 2. The topological polar surface area (TPSA) is 111 Å². The molecule has 2 aromatic rings. The Balaban J connectivity index is 2.19. The van der Waals surface area contributed by atoms with Crippen molar-refractivity contribution >= 4 is 43.5 Å². The van der Waals surface area contributed by atoms with Gasteiger partial charge < -0.3 is 14.8 Å². The summed E-state index contributed by atoms with van der Waals surface area (Å²) in [5.41, 5.74) is 0.420. The first-order valence-corrected chi connectivity index (χ1v) is 10.9. The Hall–Kier alpha value is -2.59. The quantitative estimate of drug-likeness (QED) is 0.557. The molecule has 0 saturated heterocycles. The second-order valence-corrected chi connectivity index (χ2v) is 8.47. The van der Waals surface area contributed by atoms with Gasteiger partial charge in [-0.1, -0.05) is 6.07 Å². The maximum Gasteiger partial charge on any atom is 0.328 e. The van der Waals surface area contributed by atoms with Crippen molar-refractivity contribution in [3.63, 3.8) is 0 Å². The smallest absolute Gasteiger partial charge is 0.328 e. The summed E-state index contributed by atoms with van der Waals surface area (Å²) in [6.45, 7) is 3.34. The number of anilines is 1. The normalized spacial score (nSPS) is 12.0. The molecule has 1 atom stereocenters.